The van der Waals surface area contributed by atoms with Crippen LogP contribution in [0, 0.1) is 0 Å². The fourth-order valence-corrected chi connectivity index (χ4v) is 3.14. The van der Waals surface area contributed by atoms with E-state index in [0.717, 1.165) is 11.1 Å². The Morgan fingerprint density at radius 3 is 2.41 bits per heavy atom. The van der Waals surface area contributed by atoms with Gasteiger partial charge < -0.3 is 15.0 Å². The summed E-state index contributed by atoms with van der Waals surface area (Å²) < 4.78 is 5.76. The Balaban J connectivity index is 1.52. The second-order valence-corrected chi connectivity index (χ2v) is 6.83. The van der Waals surface area contributed by atoms with Crippen LogP contribution in [0.4, 0.5) is 5.69 Å². The van der Waals surface area contributed by atoms with Crippen molar-refractivity contribution in [2.24, 2.45) is 0 Å². The molecule has 0 radical (unpaired) electrons. The second kappa shape index (κ2) is 8.02. The molecule has 0 atom stereocenters. The fraction of sp³-hybridized carbons (Fsp3) is 0.0833. The van der Waals surface area contributed by atoms with Crippen LogP contribution in [0.15, 0.2) is 84.6 Å². The van der Waals surface area contributed by atoms with Crippen LogP contribution in [0.5, 0.6) is 5.75 Å². The summed E-state index contributed by atoms with van der Waals surface area (Å²) in [4.78, 5) is 26.8. The fourth-order valence-electron chi connectivity index (χ4n) is 3.14. The van der Waals surface area contributed by atoms with Gasteiger partial charge in [-0.1, -0.05) is 60.7 Å². The van der Waals surface area contributed by atoms with Crippen molar-refractivity contribution in [3.05, 3.63) is 101 Å². The second-order valence-electron chi connectivity index (χ2n) is 6.83. The van der Waals surface area contributed by atoms with Gasteiger partial charge in [0.1, 0.15) is 0 Å². The van der Waals surface area contributed by atoms with Crippen LogP contribution in [0.2, 0.25) is 0 Å². The first-order valence-corrected chi connectivity index (χ1v) is 9.29. The first kappa shape index (κ1) is 18.5. The van der Waals surface area contributed by atoms with E-state index < -0.39 is 0 Å². The van der Waals surface area contributed by atoms with Crippen molar-refractivity contribution < 1.29 is 14.3 Å². The lowest BCUT2D eigenvalue weighted by Crippen LogP contribution is -2.27. The van der Waals surface area contributed by atoms with Gasteiger partial charge in [-0.15, -0.1) is 0 Å². The summed E-state index contributed by atoms with van der Waals surface area (Å²) >= 11 is 0. The maximum Gasteiger partial charge on any atom is 0.291 e. The number of ether oxygens (including phenoxy) is 1. The van der Waals surface area contributed by atoms with E-state index in [9.17, 15) is 9.59 Å². The van der Waals surface area contributed by atoms with Gasteiger partial charge in [-0.25, -0.2) is 0 Å². The van der Waals surface area contributed by atoms with Crippen LogP contribution in [0.1, 0.15) is 21.5 Å². The van der Waals surface area contributed by atoms with Gasteiger partial charge in [0.05, 0.1) is 5.69 Å². The third-order valence-corrected chi connectivity index (χ3v) is 4.63. The number of benzene rings is 3. The maximum atomic E-state index is 12.8. The van der Waals surface area contributed by atoms with E-state index in [0.29, 0.717) is 23.5 Å². The summed E-state index contributed by atoms with van der Waals surface area (Å²) in [5.74, 6) is 0.248. The van der Waals surface area contributed by atoms with E-state index >= 15 is 0 Å². The molecule has 3 aromatic carbocycles. The number of amides is 2. The average molecular weight is 384 g/mol. The van der Waals surface area contributed by atoms with Gasteiger partial charge in [0, 0.05) is 19.2 Å². The van der Waals surface area contributed by atoms with Gasteiger partial charge in [0.2, 0.25) is 0 Å². The molecule has 0 aromatic heterocycles. The van der Waals surface area contributed by atoms with E-state index in [1.54, 1.807) is 36.2 Å². The molecule has 0 bridgehead atoms. The summed E-state index contributed by atoms with van der Waals surface area (Å²) in [5.41, 5.74) is 2.89. The Hall–Kier alpha value is -3.86. The van der Waals surface area contributed by atoms with Crippen molar-refractivity contribution >= 4 is 23.6 Å². The highest BCUT2D eigenvalue weighted by Gasteiger charge is 2.24. The first-order chi connectivity index (χ1) is 14.1. The third-order valence-electron chi connectivity index (χ3n) is 4.63. The number of nitrogens with one attached hydrogen (secondary N) is 1. The zero-order valence-corrected chi connectivity index (χ0v) is 16.0. The Kier molecular flexibility index (Phi) is 5.12. The minimum absolute atomic E-state index is 0.128. The molecule has 2 amide bonds. The molecule has 0 saturated heterocycles. The summed E-state index contributed by atoms with van der Waals surface area (Å²) in [7, 11) is 1.75. The van der Waals surface area contributed by atoms with Gasteiger partial charge in [-0.2, -0.15) is 0 Å². The quantitative estimate of drug-likeness (QED) is 0.681. The van der Waals surface area contributed by atoms with Gasteiger partial charge in [-0.05, 0) is 35.4 Å². The Morgan fingerprint density at radius 2 is 1.69 bits per heavy atom. The topological polar surface area (TPSA) is 58.6 Å². The third kappa shape index (κ3) is 4.19. The van der Waals surface area contributed by atoms with Gasteiger partial charge in [0.25, 0.3) is 11.8 Å². The molecular formula is C24H20N2O3. The molecular weight excluding hydrogens is 364 g/mol. The number of rotatable bonds is 4. The smallest absolute Gasteiger partial charge is 0.291 e. The van der Waals surface area contributed by atoms with Crippen LogP contribution in [0.25, 0.3) is 6.08 Å². The zero-order chi connectivity index (χ0) is 20.2. The van der Waals surface area contributed by atoms with E-state index in [2.05, 4.69) is 5.32 Å². The normalized spacial score (nSPS) is 14.0. The minimum atomic E-state index is -0.344. The van der Waals surface area contributed by atoms with Crippen LogP contribution in [-0.4, -0.2) is 23.8 Å². The predicted molar refractivity (Wildman–Crippen MR) is 112 cm³/mol. The number of hydrogen-bond acceptors (Lipinski definition) is 3. The summed E-state index contributed by atoms with van der Waals surface area (Å²) in [6, 6.07) is 24.3. The van der Waals surface area contributed by atoms with Crippen LogP contribution in [-0.2, 0) is 11.3 Å². The molecule has 144 valence electrons. The van der Waals surface area contributed by atoms with E-state index in [4.69, 9.17) is 4.74 Å². The zero-order valence-electron chi connectivity index (χ0n) is 16.0. The molecule has 5 heteroatoms. The number of hydrogen-bond donors (Lipinski definition) is 1. The summed E-state index contributed by atoms with van der Waals surface area (Å²) in [6.45, 7) is 0.504. The number of anilines is 1. The van der Waals surface area contributed by atoms with Crippen molar-refractivity contribution in [3.8, 4) is 5.75 Å². The van der Waals surface area contributed by atoms with Crippen LogP contribution in [0.3, 0.4) is 0 Å². The van der Waals surface area contributed by atoms with E-state index in [-0.39, 0.29) is 17.6 Å². The number of carbonyl (C=O) groups excluding carboxylic acids is 2. The molecule has 0 unspecified atom stereocenters. The average Bonchev–Trinajstić information content (AvgIpc) is 2.75. The van der Waals surface area contributed by atoms with Crippen molar-refractivity contribution in [2.75, 3.05) is 12.4 Å². The molecule has 1 aliphatic heterocycles. The Labute approximate surface area is 169 Å². The van der Waals surface area contributed by atoms with Gasteiger partial charge >= 0.3 is 0 Å². The Morgan fingerprint density at radius 1 is 1.00 bits per heavy atom. The molecule has 1 heterocycles. The molecule has 1 N–H and O–H groups in total. The van der Waals surface area contributed by atoms with Crippen LogP contribution >= 0.6 is 0 Å². The number of carbonyl (C=O) groups is 2. The maximum absolute atomic E-state index is 12.8. The summed E-state index contributed by atoms with van der Waals surface area (Å²) in [5, 5.41) is 2.81. The largest absolute Gasteiger partial charge is 0.449 e. The number of nitrogens with zero attached hydrogens (tertiary/aromatic N) is 1. The molecule has 3 aromatic rings. The highest BCUT2D eigenvalue weighted by Crippen LogP contribution is 2.32. The SMILES string of the molecule is CN(Cc1ccccc1)C(=O)c1ccc2c(c1)NC(=O)/C(=C/c1ccccc1)O2. The molecule has 29 heavy (non-hydrogen) atoms. The summed E-state index contributed by atoms with van der Waals surface area (Å²) in [6.07, 6.45) is 1.69. The van der Waals surface area contributed by atoms with Crippen molar-refractivity contribution in [2.45, 2.75) is 6.54 Å². The van der Waals surface area contributed by atoms with Gasteiger partial charge in [0.15, 0.2) is 11.5 Å². The van der Waals surface area contributed by atoms with Gasteiger partial charge in [-0.3, -0.25) is 9.59 Å². The molecule has 5 nitrogen and oxygen atoms in total. The molecule has 0 fully saturated rings. The lowest BCUT2D eigenvalue weighted by atomic mass is 10.1. The lowest BCUT2D eigenvalue weighted by Gasteiger charge is -2.22. The number of fused-ring (bicyclic) bond motifs is 1. The monoisotopic (exact) mass is 384 g/mol. The van der Waals surface area contributed by atoms with Crippen molar-refractivity contribution in [1.82, 2.24) is 4.90 Å². The van der Waals surface area contributed by atoms with Crippen LogP contribution < -0.4 is 10.1 Å². The van der Waals surface area contributed by atoms with Crippen molar-refractivity contribution in [3.63, 3.8) is 0 Å². The standard InChI is InChI=1S/C24H20N2O3/c1-26(16-18-10-6-3-7-11-18)24(28)19-12-13-21-20(15-19)25-23(27)22(29-21)14-17-8-4-2-5-9-17/h2-15H,16H2,1H3,(H,25,27)/b22-14-. The molecule has 4 rings (SSSR count). The highest BCUT2D eigenvalue weighted by atomic mass is 16.5. The lowest BCUT2D eigenvalue weighted by molar-refractivity contribution is -0.115. The first-order valence-electron chi connectivity index (χ1n) is 9.29. The van der Waals surface area contributed by atoms with E-state index in [1.807, 2.05) is 60.7 Å². The molecule has 0 aliphatic carbocycles. The minimum Gasteiger partial charge on any atom is -0.449 e. The van der Waals surface area contributed by atoms with Crippen molar-refractivity contribution in [1.29, 1.82) is 0 Å². The predicted octanol–water partition coefficient (Wildman–Crippen LogP) is 4.33. The van der Waals surface area contributed by atoms with E-state index in [1.165, 1.54) is 0 Å². The highest BCUT2D eigenvalue weighted by molar-refractivity contribution is 6.09. The molecule has 0 spiro atoms. The Bertz CT molecular complexity index is 1080. The molecule has 1 aliphatic rings. The molecule has 0 saturated carbocycles.